The summed E-state index contributed by atoms with van der Waals surface area (Å²) in [5.41, 5.74) is 8.96. The lowest BCUT2D eigenvalue weighted by Crippen LogP contribution is -2.51. The topological polar surface area (TPSA) is 115 Å². The zero-order chi connectivity index (χ0) is 32.2. The smallest absolute Gasteiger partial charge is 0.408 e. The van der Waals surface area contributed by atoms with Gasteiger partial charge in [-0.15, -0.1) is 11.3 Å². The second kappa shape index (κ2) is 16.5. The van der Waals surface area contributed by atoms with Gasteiger partial charge in [0.25, 0.3) is 0 Å². The van der Waals surface area contributed by atoms with E-state index < -0.39 is 29.7 Å². The number of aliphatic hydroxyl groups excluding tert-OH is 1. The summed E-state index contributed by atoms with van der Waals surface area (Å²) in [5, 5.41) is 15.5. The Hall–Kier alpha value is -3.85. The maximum atomic E-state index is 14.3. The second-order valence-electron chi connectivity index (χ2n) is 12.1. The maximum Gasteiger partial charge on any atom is 0.408 e. The third-order valence-corrected chi connectivity index (χ3v) is 9.28. The molecular formula is C37H45N3O4S. The quantitative estimate of drug-likeness (QED) is 0.129. The van der Waals surface area contributed by atoms with E-state index in [1.165, 1.54) is 0 Å². The number of ketones is 1. The summed E-state index contributed by atoms with van der Waals surface area (Å²) in [4.78, 5) is 33.1. The second-order valence-corrected chi connectivity index (χ2v) is 13.2. The Bertz CT molecular complexity index is 1480. The van der Waals surface area contributed by atoms with Crippen LogP contribution in [0.4, 0.5) is 4.79 Å². The van der Waals surface area contributed by atoms with E-state index in [4.69, 9.17) is 15.5 Å². The Morgan fingerprint density at radius 2 is 1.51 bits per heavy atom. The maximum absolute atomic E-state index is 14.3. The lowest BCUT2D eigenvalue weighted by atomic mass is 9.77. The highest BCUT2D eigenvalue weighted by Crippen LogP contribution is 2.34. The summed E-state index contributed by atoms with van der Waals surface area (Å²) in [6.45, 7) is 5.96. The number of aryl methyl sites for hydroxylation is 1. The molecule has 0 fully saturated rings. The van der Waals surface area contributed by atoms with Gasteiger partial charge in [-0.25, -0.2) is 9.78 Å². The first kappa shape index (κ1) is 34.0. The van der Waals surface area contributed by atoms with Crippen LogP contribution < -0.4 is 11.1 Å². The van der Waals surface area contributed by atoms with Crippen molar-refractivity contribution in [2.24, 2.45) is 17.6 Å². The number of nitrogens with two attached hydrogens (primary N) is 1. The molecule has 1 aromatic heterocycles. The summed E-state index contributed by atoms with van der Waals surface area (Å²) in [5.74, 6) is -1.33. The first-order valence-corrected chi connectivity index (χ1v) is 16.5. The number of aliphatic hydroxyl groups is 1. The van der Waals surface area contributed by atoms with Crippen molar-refractivity contribution in [3.63, 3.8) is 0 Å². The predicted molar refractivity (Wildman–Crippen MR) is 180 cm³/mol. The van der Waals surface area contributed by atoms with Crippen molar-refractivity contribution in [1.29, 1.82) is 0 Å². The van der Waals surface area contributed by atoms with E-state index in [0.29, 0.717) is 12.8 Å². The predicted octanol–water partition coefficient (Wildman–Crippen LogP) is 6.62. The molecule has 4 aromatic rings. The largest absolute Gasteiger partial charge is 0.445 e. The number of benzene rings is 3. The number of nitrogens with one attached hydrogen (secondary N) is 1. The normalized spacial score (nSPS) is 14.7. The Kier molecular flexibility index (Phi) is 12.4. The van der Waals surface area contributed by atoms with Crippen LogP contribution in [0.15, 0.2) is 97.2 Å². The molecule has 0 saturated carbocycles. The molecule has 0 aliphatic heterocycles. The van der Waals surface area contributed by atoms with Crippen molar-refractivity contribution in [2.75, 3.05) is 0 Å². The highest BCUT2D eigenvalue weighted by molar-refractivity contribution is 7.11. The molecule has 8 heteroatoms. The molecule has 4 N–H and O–H groups in total. The number of carbonyl (C=O) groups is 2. The first-order chi connectivity index (χ1) is 21.7. The van der Waals surface area contributed by atoms with Gasteiger partial charge in [0, 0.05) is 17.0 Å². The van der Waals surface area contributed by atoms with Crippen LogP contribution >= 0.6 is 11.3 Å². The number of rotatable bonds is 16. The number of aromatic nitrogens is 1. The molecule has 0 saturated heterocycles. The van der Waals surface area contributed by atoms with E-state index in [1.54, 1.807) is 11.3 Å². The fourth-order valence-electron chi connectivity index (χ4n) is 5.59. The number of hydrogen-bond donors (Lipinski definition) is 3. The zero-order valence-corrected chi connectivity index (χ0v) is 27.2. The molecule has 0 aliphatic carbocycles. The number of Topliss-reactive ketones (excluding diaryl/α,β-unsaturated/α-hetero) is 1. The number of carbonyl (C=O) groups excluding carboxylic acids is 2. The Morgan fingerprint density at radius 3 is 2.09 bits per heavy atom. The minimum atomic E-state index is -1.10. The molecule has 0 radical (unpaired) electrons. The molecule has 3 aromatic carbocycles. The van der Waals surface area contributed by atoms with Gasteiger partial charge in [0.05, 0.1) is 17.7 Å². The van der Waals surface area contributed by atoms with Crippen LogP contribution in [0.5, 0.6) is 0 Å². The molecule has 1 amide bonds. The number of alkyl carbamates (subject to hydrolysis) is 1. The Balaban J connectivity index is 1.60. The number of amides is 1. The molecule has 0 bridgehead atoms. The van der Waals surface area contributed by atoms with Gasteiger partial charge < -0.3 is 20.9 Å². The molecule has 4 rings (SSSR count). The van der Waals surface area contributed by atoms with Crippen LogP contribution in [0.3, 0.4) is 0 Å². The van der Waals surface area contributed by atoms with Crippen LogP contribution in [-0.2, 0) is 40.9 Å². The molecule has 45 heavy (non-hydrogen) atoms. The third-order valence-electron chi connectivity index (χ3n) is 8.00. The van der Waals surface area contributed by atoms with Crippen LogP contribution in [0.2, 0.25) is 0 Å². The summed E-state index contributed by atoms with van der Waals surface area (Å²) in [7, 11) is 0. The van der Waals surface area contributed by atoms with E-state index in [1.807, 2.05) is 111 Å². The van der Waals surface area contributed by atoms with Gasteiger partial charge >= 0.3 is 6.09 Å². The third kappa shape index (κ3) is 9.82. The first-order valence-electron chi connectivity index (χ1n) is 15.7. The Labute approximate surface area is 270 Å². The minimum Gasteiger partial charge on any atom is -0.445 e. The number of ether oxygens (including phenoxy) is 1. The van der Waals surface area contributed by atoms with Crippen LogP contribution in [0, 0.1) is 11.8 Å². The van der Waals surface area contributed by atoms with E-state index in [0.717, 1.165) is 39.4 Å². The molecule has 0 spiro atoms. The van der Waals surface area contributed by atoms with E-state index >= 15 is 0 Å². The van der Waals surface area contributed by atoms with Gasteiger partial charge in [-0.05, 0) is 48.3 Å². The molecule has 7 nitrogen and oxygen atoms in total. The minimum absolute atomic E-state index is 0.0881. The summed E-state index contributed by atoms with van der Waals surface area (Å²) in [6, 6.07) is 28.0. The highest BCUT2D eigenvalue weighted by atomic mass is 32.1. The molecule has 0 aliphatic rings. The van der Waals surface area contributed by atoms with Crippen LogP contribution in [0.1, 0.15) is 60.2 Å². The summed E-state index contributed by atoms with van der Waals surface area (Å²) < 4.78 is 5.45. The van der Waals surface area contributed by atoms with Crippen molar-refractivity contribution in [3.8, 4) is 0 Å². The van der Waals surface area contributed by atoms with E-state index in [9.17, 15) is 14.7 Å². The van der Waals surface area contributed by atoms with Gasteiger partial charge in [-0.3, -0.25) is 4.79 Å². The molecule has 4 atom stereocenters. The van der Waals surface area contributed by atoms with E-state index in [-0.39, 0.29) is 24.7 Å². The molecule has 1 heterocycles. The monoisotopic (exact) mass is 627 g/mol. The van der Waals surface area contributed by atoms with Crippen molar-refractivity contribution in [2.45, 2.75) is 77.2 Å². The van der Waals surface area contributed by atoms with Crippen LogP contribution in [-0.4, -0.2) is 34.1 Å². The van der Waals surface area contributed by atoms with E-state index in [2.05, 4.69) is 12.2 Å². The van der Waals surface area contributed by atoms with Gasteiger partial charge in [0.15, 0.2) is 5.78 Å². The van der Waals surface area contributed by atoms with Gasteiger partial charge in [0.1, 0.15) is 11.6 Å². The molecular weight excluding hydrogens is 582 g/mol. The van der Waals surface area contributed by atoms with Crippen molar-refractivity contribution in [3.05, 3.63) is 124 Å². The highest BCUT2D eigenvalue weighted by Gasteiger charge is 2.41. The number of hydrogen-bond acceptors (Lipinski definition) is 7. The van der Waals surface area contributed by atoms with Crippen LogP contribution in [0.25, 0.3) is 0 Å². The SMILES string of the molecule is CCCc1cnc(C(N)(Cc2ccccc2)C[C@H](O)[C@H](Cc2ccccc2)C(=O)C(NC(=O)OCc2ccccc2)C(C)C)s1. The van der Waals surface area contributed by atoms with Gasteiger partial charge in [-0.1, -0.05) is 118 Å². The Morgan fingerprint density at radius 1 is 0.933 bits per heavy atom. The summed E-state index contributed by atoms with van der Waals surface area (Å²) >= 11 is 1.57. The fraction of sp³-hybridized carbons (Fsp3) is 0.378. The average Bonchev–Trinajstić information content (AvgIpc) is 3.52. The van der Waals surface area contributed by atoms with Crippen molar-refractivity contribution in [1.82, 2.24) is 10.3 Å². The number of thiazole rings is 1. The van der Waals surface area contributed by atoms with Crippen molar-refractivity contribution < 1.29 is 19.4 Å². The number of nitrogens with zero attached hydrogens (tertiary/aromatic N) is 1. The standard InChI is InChI=1S/C37H45N3O4S/c1-4-14-30-24-39-35(45-30)37(38,22-28-17-10-6-11-18-28)23-32(41)31(21-27-15-8-5-9-16-27)34(42)33(26(2)3)40-36(43)44-25-29-19-12-7-13-20-29/h5-13,15-20,24,26,31-33,41H,4,14,21-23,25,38H2,1-3H3,(H,40,43)/t31-,32-,33?,37?/m0/s1. The summed E-state index contributed by atoms with van der Waals surface area (Å²) in [6.07, 6.45) is 2.85. The van der Waals surface area contributed by atoms with Gasteiger partial charge in [0.2, 0.25) is 0 Å². The molecule has 2 unspecified atom stereocenters. The fourth-order valence-corrected chi connectivity index (χ4v) is 6.72. The average molecular weight is 628 g/mol. The van der Waals surface area contributed by atoms with Crippen molar-refractivity contribution >= 4 is 23.2 Å². The van der Waals surface area contributed by atoms with Gasteiger partial charge in [-0.2, -0.15) is 0 Å². The molecule has 238 valence electrons. The lowest BCUT2D eigenvalue weighted by molar-refractivity contribution is -0.130. The lowest BCUT2D eigenvalue weighted by Gasteiger charge is -2.34. The zero-order valence-electron chi connectivity index (χ0n) is 26.4.